The third kappa shape index (κ3) is 12.2. The zero-order valence-electron chi connectivity index (χ0n) is 23.5. The molecule has 0 fully saturated rings. The van der Waals surface area contributed by atoms with Gasteiger partial charge in [0.15, 0.2) is 0 Å². The molecule has 0 aliphatic heterocycles. The molecule has 0 aliphatic rings. The van der Waals surface area contributed by atoms with Gasteiger partial charge >= 0.3 is 0 Å². The monoisotopic (exact) mass is 488 g/mol. The molecule has 1 N–H and O–H groups in total. The van der Waals surface area contributed by atoms with Crippen molar-refractivity contribution in [3.8, 4) is 28.4 Å². The third-order valence-electron chi connectivity index (χ3n) is 4.75. The standard InChI is InChI=1S/C20H18O.C8H10O.2C2H6.CH4O/c1-15-3-7-17(8-4-15)18-9-13-20(14-10-18)21-19-11-5-16(2)6-12-19;1-7-3-5-8(9-2)6-4-7;3*1-2/h3-14H,1-2H3;3-6H,1-2H3;2*1-2H3;2H,1H3. The van der Waals surface area contributed by atoms with E-state index in [1.165, 1.54) is 27.8 Å². The molecule has 36 heavy (non-hydrogen) atoms. The van der Waals surface area contributed by atoms with Crippen molar-refractivity contribution in [3.05, 3.63) is 114 Å². The Balaban J connectivity index is 0.000000684. The van der Waals surface area contributed by atoms with Crippen molar-refractivity contribution in [1.29, 1.82) is 0 Å². The highest BCUT2D eigenvalue weighted by Crippen LogP contribution is 2.26. The van der Waals surface area contributed by atoms with E-state index in [0.29, 0.717) is 0 Å². The molecule has 3 nitrogen and oxygen atoms in total. The van der Waals surface area contributed by atoms with Crippen molar-refractivity contribution in [3.63, 3.8) is 0 Å². The summed E-state index contributed by atoms with van der Waals surface area (Å²) in [5.74, 6) is 2.64. The molecule has 0 radical (unpaired) electrons. The van der Waals surface area contributed by atoms with Crippen LogP contribution in [0.2, 0.25) is 0 Å². The van der Waals surface area contributed by atoms with Gasteiger partial charge in [0, 0.05) is 7.11 Å². The quantitative estimate of drug-likeness (QED) is 0.311. The number of rotatable bonds is 4. The Morgan fingerprint density at radius 1 is 0.417 bits per heavy atom. The smallest absolute Gasteiger partial charge is 0.127 e. The SMILES string of the molecule is CC.CC.CO.COc1ccc(C)cc1.Cc1ccc(Oc2ccc(-c3ccc(C)cc3)cc2)cc1. The molecule has 4 rings (SSSR count). The summed E-state index contributed by atoms with van der Waals surface area (Å²) in [6.45, 7) is 14.2. The molecule has 4 aromatic rings. The molecule has 0 aromatic heterocycles. The summed E-state index contributed by atoms with van der Waals surface area (Å²) < 4.78 is 10.8. The van der Waals surface area contributed by atoms with E-state index in [1.807, 2.05) is 76.2 Å². The molecule has 0 spiro atoms. The van der Waals surface area contributed by atoms with E-state index in [-0.39, 0.29) is 0 Å². The Morgan fingerprint density at radius 2 is 0.667 bits per heavy atom. The molecular formula is C33H44O3. The lowest BCUT2D eigenvalue weighted by Crippen LogP contribution is -1.85. The average molecular weight is 489 g/mol. The lowest BCUT2D eigenvalue weighted by molar-refractivity contribution is 0.399. The maximum absolute atomic E-state index is 7.00. The Kier molecular flexibility index (Phi) is 17.8. The van der Waals surface area contributed by atoms with Crippen LogP contribution < -0.4 is 9.47 Å². The van der Waals surface area contributed by atoms with Gasteiger partial charge in [-0.3, -0.25) is 0 Å². The summed E-state index contributed by atoms with van der Waals surface area (Å²) in [7, 11) is 2.67. The second-order valence-corrected chi connectivity index (χ2v) is 7.32. The first-order valence-corrected chi connectivity index (χ1v) is 12.5. The second-order valence-electron chi connectivity index (χ2n) is 7.32. The highest BCUT2D eigenvalue weighted by Gasteiger charge is 2.00. The summed E-state index contributed by atoms with van der Waals surface area (Å²) in [4.78, 5) is 0. The van der Waals surface area contributed by atoms with E-state index in [1.54, 1.807) is 7.11 Å². The maximum Gasteiger partial charge on any atom is 0.127 e. The van der Waals surface area contributed by atoms with Crippen LogP contribution in [-0.4, -0.2) is 19.3 Å². The van der Waals surface area contributed by atoms with Gasteiger partial charge in [-0.1, -0.05) is 105 Å². The van der Waals surface area contributed by atoms with Crippen molar-refractivity contribution in [1.82, 2.24) is 0 Å². The van der Waals surface area contributed by atoms with E-state index < -0.39 is 0 Å². The Bertz CT molecular complexity index is 1030. The van der Waals surface area contributed by atoms with Crippen molar-refractivity contribution in [2.45, 2.75) is 48.5 Å². The van der Waals surface area contributed by atoms with Gasteiger partial charge in [0.1, 0.15) is 17.2 Å². The van der Waals surface area contributed by atoms with Crippen molar-refractivity contribution in [2.75, 3.05) is 14.2 Å². The zero-order chi connectivity index (χ0) is 27.3. The Morgan fingerprint density at radius 3 is 1.00 bits per heavy atom. The summed E-state index contributed by atoms with van der Waals surface area (Å²) in [6, 6.07) is 32.8. The molecule has 0 atom stereocenters. The molecule has 0 unspecified atom stereocenters. The van der Waals surface area contributed by atoms with Crippen LogP contribution in [0.5, 0.6) is 17.2 Å². The first-order valence-electron chi connectivity index (χ1n) is 12.5. The number of hydrogen-bond acceptors (Lipinski definition) is 3. The second kappa shape index (κ2) is 19.7. The average Bonchev–Trinajstić information content (AvgIpc) is 2.95. The van der Waals surface area contributed by atoms with Gasteiger partial charge in [0.25, 0.3) is 0 Å². The van der Waals surface area contributed by atoms with Crippen LogP contribution >= 0.6 is 0 Å². The molecule has 194 valence electrons. The van der Waals surface area contributed by atoms with Crippen LogP contribution in [-0.2, 0) is 0 Å². The molecule has 0 bridgehead atoms. The minimum absolute atomic E-state index is 0.856. The third-order valence-corrected chi connectivity index (χ3v) is 4.75. The molecule has 0 heterocycles. The zero-order valence-corrected chi connectivity index (χ0v) is 23.5. The number of aliphatic hydroxyl groups excluding tert-OH is 1. The van der Waals surface area contributed by atoms with Crippen LogP contribution in [0, 0.1) is 20.8 Å². The van der Waals surface area contributed by atoms with Gasteiger partial charge in [-0.05, 0) is 68.3 Å². The van der Waals surface area contributed by atoms with Crippen molar-refractivity contribution in [2.24, 2.45) is 0 Å². The van der Waals surface area contributed by atoms with Gasteiger partial charge < -0.3 is 14.6 Å². The predicted octanol–water partition coefficient (Wildman–Crippen LogP) is 9.43. The summed E-state index contributed by atoms with van der Waals surface area (Å²) >= 11 is 0. The van der Waals surface area contributed by atoms with Crippen LogP contribution in [0.25, 0.3) is 11.1 Å². The van der Waals surface area contributed by atoms with E-state index in [9.17, 15) is 0 Å². The number of hydrogen-bond donors (Lipinski definition) is 1. The summed E-state index contributed by atoms with van der Waals surface area (Å²) in [6.07, 6.45) is 0. The molecule has 0 saturated carbocycles. The summed E-state index contributed by atoms with van der Waals surface area (Å²) in [5.41, 5.74) is 6.19. The number of aliphatic hydroxyl groups is 1. The minimum atomic E-state index is 0.856. The van der Waals surface area contributed by atoms with Crippen molar-refractivity contribution >= 4 is 0 Å². The van der Waals surface area contributed by atoms with Gasteiger partial charge in [0.2, 0.25) is 0 Å². The number of aryl methyl sites for hydroxylation is 3. The molecule has 0 amide bonds. The molecular weight excluding hydrogens is 444 g/mol. The first-order chi connectivity index (χ1) is 17.5. The summed E-state index contributed by atoms with van der Waals surface area (Å²) in [5, 5.41) is 7.00. The predicted molar refractivity (Wildman–Crippen MR) is 156 cm³/mol. The Hall–Kier alpha value is -3.56. The highest BCUT2D eigenvalue weighted by atomic mass is 16.5. The molecule has 3 heteroatoms. The van der Waals surface area contributed by atoms with E-state index in [0.717, 1.165) is 24.4 Å². The Labute approximate surface area is 219 Å². The van der Waals surface area contributed by atoms with Crippen LogP contribution in [0.15, 0.2) is 97.1 Å². The fraction of sp³-hybridized carbons (Fsp3) is 0.273. The van der Waals surface area contributed by atoms with Crippen LogP contribution in [0.3, 0.4) is 0 Å². The van der Waals surface area contributed by atoms with E-state index >= 15 is 0 Å². The van der Waals surface area contributed by atoms with Crippen molar-refractivity contribution < 1.29 is 14.6 Å². The maximum atomic E-state index is 7.00. The lowest BCUT2D eigenvalue weighted by Gasteiger charge is -2.07. The number of ether oxygens (including phenoxy) is 2. The van der Waals surface area contributed by atoms with Crippen LogP contribution in [0.4, 0.5) is 0 Å². The number of methoxy groups -OCH3 is 1. The fourth-order valence-corrected chi connectivity index (χ4v) is 2.88. The first kappa shape index (κ1) is 32.4. The van der Waals surface area contributed by atoms with E-state index in [4.69, 9.17) is 14.6 Å². The van der Waals surface area contributed by atoms with Gasteiger partial charge in [-0.2, -0.15) is 0 Å². The van der Waals surface area contributed by atoms with Gasteiger partial charge in [0.05, 0.1) is 7.11 Å². The topological polar surface area (TPSA) is 38.7 Å². The highest BCUT2D eigenvalue weighted by molar-refractivity contribution is 5.64. The van der Waals surface area contributed by atoms with Gasteiger partial charge in [-0.15, -0.1) is 0 Å². The normalized spacial score (nSPS) is 8.83. The number of benzene rings is 4. The van der Waals surface area contributed by atoms with Crippen LogP contribution in [0.1, 0.15) is 44.4 Å². The largest absolute Gasteiger partial charge is 0.497 e. The molecule has 0 aliphatic carbocycles. The fourth-order valence-electron chi connectivity index (χ4n) is 2.88. The van der Waals surface area contributed by atoms with E-state index in [2.05, 4.69) is 69.3 Å². The van der Waals surface area contributed by atoms with Gasteiger partial charge in [-0.25, -0.2) is 0 Å². The molecule has 0 saturated heterocycles. The minimum Gasteiger partial charge on any atom is -0.497 e. The lowest BCUT2D eigenvalue weighted by atomic mass is 10.0. The molecule has 4 aromatic carbocycles.